The molecule has 1 aliphatic rings. The molecule has 0 spiro atoms. The van der Waals surface area contributed by atoms with Crippen LogP contribution in [-0.4, -0.2) is 35.2 Å². The number of aliphatic carboxylic acids is 1. The molecule has 86 valence electrons. The molecular formula is C11H19NO2S. The zero-order chi connectivity index (χ0) is 11.3. The molecule has 0 aromatic rings. The SMILES string of the molecule is CSC1CCC(NCC(C)=CC(=O)O)C1. The highest BCUT2D eigenvalue weighted by molar-refractivity contribution is 7.99. The quantitative estimate of drug-likeness (QED) is 0.707. The predicted molar refractivity (Wildman–Crippen MR) is 64.3 cm³/mol. The minimum atomic E-state index is -0.859. The zero-order valence-corrected chi connectivity index (χ0v) is 10.1. The molecule has 0 heterocycles. The molecule has 0 aromatic carbocycles. The van der Waals surface area contributed by atoms with Crippen molar-refractivity contribution in [1.82, 2.24) is 5.32 Å². The maximum atomic E-state index is 10.4. The Balaban J connectivity index is 2.24. The Bertz CT molecular complexity index is 253. The van der Waals surface area contributed by atoms with Crippen LogP contribution in [0.15, 0.2) is 11.6 Å². The Labute approximate surface area is 95.3 Å². The number of thioether (sulfide) groups is 1. The summed E-state index contributed by atoms with van der Waals surface area (Å²) < 4.78 is 0. The zero-order valence-electron chi connectivity index (χ0n) is 9.32. The summed E-state index contributed by atoms with van der Waals surface area (Å²) in [5, 5.41) is 12.7. The lowest BCUT2D eigenvalue weighted by atomic mass is 10.2. The molecule has 1 rings (SSSR count). The Morgan fingerprint density at radius 2 is 2.33 bits per heavy atom. The lowest BCUT2D eigenvalue weighted by molar-refractivity contribution is -0.131. The number of hydrogen-bond donors (Lipinski definition) is 2. The van der Waals surface area contributed by atoms with E-state index in [1.165, 1.54) is 25.3 Å². The van der Waals surface area contributed by atoms with Gasteiger partial charge in [0.15, 0.2) is 0 Å². The van der Waals surface area contributed by atoms with Crippen LogP contribution in [0.1, 0.15) is 26.2 Å². The van der Waals surface area contributed by atoms with Crippen LogP contribution >= 0.6 is 11.8 Å². The minimum Gasteiger partial charge on any atom is -0.478 e. The number of carbonyl (C=O) groups is 1. The van der Waals surface area contributed by atoms with Crippen molar-refractivity contribution in [2.75, 3.05) is 12.8 Å². The van der Waals surface area contributed by atoms with E-state index in [-0.39, 0.29) is 0 Å². The molecule has 0 bridgehead atoms. The van der Waals surface area contributed by atoms with E-state index in [2.05, 4.69) is 11.6 Å². The summed E-state index contributed by atoms with van der Waals surface area (Å²) >= 11 is 1.93. The first kappa shape index (κ1) is 12.6. The third kappa shape index (κ3) is 4.71. The van der Waals surface area contributed by atoms with Gasteiger partial charge in [-0.3, -0.25) is 0 Å². The average Bonchev–Trinajstić information content (AvgIpc) is 2.61. The predicted octanol–water partition coefficient (Wildman–Crippen LogP) is 1.89. The van der Waals surface area contributed by atoms with Crippen molar-refractivity contribution in [2.45, 2.75) is 37.5 Å². The number of carboxylic acid groups (broad SMARTS) is 1. The van der Waals surface area contributed by atoms with E-state index < -0.39 is 5.97 Å². The van der Waals surface area contributed by atoms with E-state index in [1.807, 2.05) is 18.7 Å². The van der Waals surface area contributed by atoms with Crippen LogP contribution in [0.5, 0.6) is 0 Å². The van der Waals surface area contributed by atoms with Crippen LogP contribution in [0.2, 0.25) is 0 Å². The van der Waals surface area contributed by atoms with Crippen LogP contribution < -0.4 is 5.32 Å². The molecule has 1 fully saturated rings. The van der Waals surface area contributed by atoms with Gasteiger partial charge < -0.3 is 10.4 Å². The van der Waals surface area contributed by atoms with Gasteiger partial charge in [-0.15, -0.1) is 0 Å². The van der Waals surface area contributed by atoms with Gasteiger partial charge in [0.2, 0.25) is 0 Å². The number of nitrogens with one attached hydrogen (secondary N) is 1. The van der Waals surface area contributed by atoms with Crippen molar-refractivity contribution in [3.8, 4) is 0 Å². The Morgan fingerprint density at radius 3 is 2.87 bits per heavy atom. The molecular weight excluding hydrogens is 210 g/mol. The summed E-state index contributed by atoms with van der Waals surface area (Å²) in [5.74, 6) is -0.859. The molecule has 0 aliphatic heterocycles. The molecule has 1 aliphatic carbocycles. The first-order valence-corrected chi connectivity index (χ1v) is 6.57. The summed E-state index contributed by atoms with van der Waals surface area (Å²) in [6.45, 7) is 2.54. The molecule has 0 saturated heterocycles. The number of carboxylic acids is 1. The maximum absolute atomic E-state index is 10.4. The van der Waals surface area contributed by atoms with Crippen LogP contribution in [0.4, 0.5) is 0 Å². The fraction of sp³-hybridized carbons (Fsp3) is 0.727. The van der Waals surface area contributed by atoms with Gasteiger partial charge in [0, 0.05) is 23.9 Å². The van der Waals surface area contributed by atoms with Gasteiger partial charge in [0.25, 0.3) is 0 Å². The second-order valence-electron chi connectivity index (χ2n) is 4.08. The third-order valence-electron chi connectivity index (χ3n) is 2.76. The van der Waals surface area contributed by atoms with Gasteiger partial charge in [0.05, 0.1) is 0 Å². The van der Waals surface area contributed by atoms with Crippen molar-refractivity contribution >= 4 is 17.7 Å². The molecule has 3 nitrogen and oxygen atoms in total. The van der Waals surface area contributed by atoms with Gasteiger partial charge in [-0.05, 0) is 32.4 Å². The van der Waals surface area contributed by atoms with Gasteiger partial charge in [-0.25, -0.2) is 4.79 Å². The van der Waals surface area contributed by atoms with Gasteiger partial charge in [-0.2, -0.15) is 11.8 Å². The van der Waals surface area contributed by atoms with E-state index in [0.29, 0.717) is 12.6 Å². The fourth-order valence-electron chi connectivity index (χ4n) is 1.91. The van der Waals surface area contributed by atoms with Gasteiger partial charge in [-0.1, -0.05) is 5.57 Å². The Morgan fingerprint density at radius 1 is 1.60 bits per heavy atom. The van der Waals surface area contributed by atoms with Crippen LogP contribution in [0, 0.1) is 0 Å². The molecule has 2 atom stereocenters. The van der Waals surface area contributed by atoms with Crippen LogP contribution in [0.25, 0.3) is 0 Å². The largest absolute Gasteiger partial charge is 0.478 e. The number of hydrogen-bond acceptors (Lipinski definition) is 3. The smallest absolute Gasteiger partial charge is 0.328 e. The first-order valence-electron chi connectivity index (χ1n) is 5.28. The molecule has 1 saturated carbocycles. The molecule has 15 heavy (non-hydrogen) atoms. The second-order valence-corrected chi connectivity index (χ2v) is 5.22. The minimum absolute atomic E-state index is 0.569. The molecule has 0 amide bonds. The monoisotopic (exact) mass is 229 g/mol. The molecule has 2 N–H and O–H groups in total. The van der Waals surface area contributed by atoms with Gasteiger partial charge >= 0.3 is 5.97 Å². The van der Waals surface area contributed by atoms with Crippen molar-refractivity contribution in [3.63, 3.8) is 0 Å². The van der Waals surface area contributed by atoms with Crippen molar-refractivity contribution in [3.05, 3.63) is 11.6 Å². The van der Waals surface area contributed by atoms with Crippen molar-refractivity contribution in [2.24, 2.45) is 0 Å². The van der Waals surface area contributed by atoms with E-state index in [9.17, 15) is 4.79 Å². The summed E-state index contributed by atoms with van der Waals surface area (Å²) in [4.78, 5) is 10.4. The summed E-state index contributed by atoms with van der Waals surface area (Å²) in [7, 11) is 0. The highest BCUT2D eigenvalue weighted by Gasteiger charge is 2.23. The van der Waals surface area contributed by atoms with Crippen LogP contribution in [-0.2, 0) is 4.79 Å². The molecule has 4 heteroatoms. The van der Waals surface area contributed by atoms with E-state index in [0.717, 1.165) is 10.8 Å². The second kappa shape index (κ2) is 6.18. The standard InChI is InChI=1S/C11H19NO2S/c1-8(5-11(13)14)7-12-9-3-4-10(6-9)15-2/h5,9-10,12H,3-4,6-7H2,1-2H3,(H,13,14). The average molecular weight is 229 g/mol. The first-order chi connectivity index (χ1) is 7.11. The highest BCUT2D eigenvalue weighted by atomic mass is 32.2. The van der Waals surface area contributed by atoms with E-state index in [1.54, 1.807) is 0 Å². The Hall–Kier alpha value is -0.480. The lowest BCUT2D eigenvalue weighted by Gasteiger charge is -2.12. The highest BCUT2D eigenvalue weighted by Crippen LogP contribution is 2.28. The maximum Gasteiger partial charge on any atom is 0.328 e. The molecule has 2 unspecified atom stereocenters. The van der Waals surface area contributed by atoms with Crippen molar-refractivity contribution < 1.29 is 9.90 Å². The molecule has 0 aromatic heterocycles. The summed E-state index contributed by atoms with van der Waals surface area (Å²) in [6.07, 6.45) is 7.13. The molecule has 0 radical (unpaired) electrons. The van der Waals surface area contributed by atoms with E-state index >= 15 is 0 Å². The third-order valence-corrected chi connectivity index (χ3v) is 3.85. The summed E-state index contributed by atoms with van der Waals surface area (Å²) in [5.41, 5.74) is 0.884. The van der Waals surface area contributed by atoms with E-state index in [4.69, 9.17) is 5.11 Å². The Kier molecular flexibility index (Phi) is 5.19. The lowest BCUT2D eigenvalue weighted by Crippen LogP contribution is -2.28. The summed E-state index contributed by atoms with van der Waals surface area (Å²) in [6, 6.07) is 0.569. The normalized spacial score (nSPS) is 26.9. The topological polar surface area (TPSA) is 49.3 Å². The van der Waals surface area contributed by atoms with Crippen molar-refractivity contribution in [1.29, 1.82) is 0 Å². The van der Waals surface area contributed by atoms with Crippen LogP contribution in [0.3, 0.4) is 0 Å². The number of rotatable bonds is 5. The van der Waals surface area contributed by atoms with Gasteiger partial charge in [0.1, 0.15) is 0 Å². The fourth-order valence-corrected chi connectivity index (χ4v) is 2.70.